The molecule has 0 amide bonds. The summed E-state index contributed by atoms with van der Waals surface area (Å²) in [6.07, 6.45) is 6.52. The molecule has 5 aromatic rings. The van der Waals surface area contributed by atoms with Gasteiger partial charge in [0, 0.05) is 24.5 Å². The molecule has 6 rings (SSSR count). The van der Waals surface area contributed by atoms with Crippen LogP contribution >= 0.6 is 0 Å². The smallest absolute Gasteiger partial charge is 0.169 e. The maximum Gasteiger partial charge on any atom is 0.169 e. The Labute approximate surface area is 189 Å². The van der Waals surface area contributed by atoms with E-state index in [1.54, 1.807) is 35.3 Å². The quantitative estimate of drug-likeness (QED) is 0.450. The lowest BCUT2D eigenvalue weighted by Crippen LogP contribution is -2.43. The van der Waals surface area contributed by atoms with Crippen LogP contribution in [0.2, 0.25) is 0 Å². The molecule has 0 saturated heterocycles. The number of rotatable bonds is 4. The maximum atomic E-state index is 14.4. The minimum absolute atomic E-state index is 0.236. The van der Waals surface area contributed by atoms with Crippen LogP contribution in [0.15, 0.2) is 67.0 Å². The van der Waals surface area contributed by atoms with Crippen LogP contribution in [0.4, 0.5) is 4.39 Å². The number of imidazole rings is 1. The van der Waals surface area contributed by atoms with E-state index in [1.165, 1.54) is 6.07 Å². The van der Waals surface area contributed by atoms with E-state index in [0.717, 1.165) is 36.2 Å². The first-order chi connectivity index (χ1) is 16.0. The molecule has 8 heteroatoms. The van der Waals surface area contributed by atoms with E-state index in [0.29, 0.717) is 28.4 Å². The molecule has 0 radical (unpaired) electrons. The predicted molar refractivity (Wildman–Crippen MR) is 124 cm³/mol. The normalized spacial score (nSPS) is 15.0. The van der Waals surface area contributed by atoms with E-state index in [9.17, 15) is 4.39 Å². The van der Waals surface area contributed by atoms with Crippen molar-refractivity contribution in [1.29, 1.82) is 0 Å². The minimum atomic E-state index is -0.368. The molecule has 1 saturated carbocycles. The zero-order valence-corrected chi connectivity index (χ0v) is 18.1. The molecule has 0 atom stereocenters. The average Bonchev–Trinajstić information content (AvgIpc) is 3.40. The van der Waals surface area contributed by atoms with Gasteiger partial charge in [0.15, 0.2) is 17.3 Å². The number of halogens is 1. The SMILES string of the molecule is Cn1nccc1-c1nc2cnc(-c3ccccc3F)nc2n1-c1ccc(C2(N)CCC2)cc1. The van der Waals surface area contributed by atoms with Crippen LogP contribution < -0.4 is 5.73 Å². The molecular formula is C25H22FN7. The highest BCUT2D eigenvalue weighted by molar-refractivity contribution is 5.80. The third-order valence-electron chi connectivity index (χ3n) is 6.51. The molecule has 2 aromatic carbocycles. The van der Waals surface area contributed by atoms with Crippen LogP contribution in [-0.4, -0.2) is 29.3 Å². The second kappa shape index (κ2) is 7.31. The lowest BCUT2D eigenvalue weighted by molar-refractivity contribution is 0.253. The van der Waals surface area contributed by atoms with Crippen LogP contribution in [0.25, 0.3) is 39.8 Å². The van der Waals surface area contributed by atoms with Gasteiger partial charge in [-0.1, -0.05) is 24.3 Å². The Morgan fingerprint density at radius 1 is 1.00 bits per heavy atom. The summed E-state index contributed by atoms with van der Waals surface area (Å²) in [6.45, 7) is 0. The number of hydrogen-bond acceptors (Lipinski definition) is 5. The molecule has 2 N–H and O–H groups in total. The van der Waals surface area contributed by atoms with Gasteiger partial charge in [-0.3, -0.25) is 9.25 Å². The van der Waals surface area contributed by atoms with E-state index in [1.807, 2.05) is 29.8 Å². The van der Waals surface area contributed by atoms with Crippen LogP contribution in [0.1, 0.15) is 24.8 Å². The van der Waals surface area contributed by atoms with Gasteiger partial charge in [0.05, 0.1) is 11.8 Å². The summed E-state index contributed by atoms with van der Waals surface area (Å²) in [5, 5.41) is 4.30. The van der Waals surface area contributed by atoms with E-state index in [2.05, 4.69) is 22.2 Å². The van der Waals surface area contributed by atoms with E-state index < -0.39 is 0 Å². The molecule has 3 heterocycles. The molecule has 1 aliphatic rings. The summed E-state index contributed by atoms with van der Waals surface area (Å²) in [5.41, 5.74) is 10.7. The zero-order valence-electron chi connectivity index (χ0n) is 18.1. The fourth-order valence-electron chi connectivity index (χ4n) is 4.45. The summed E-state index contributed by atoms with van der Waals surface area (Å²) in [4.78, 5) is 13.9. The summed E-state index contributed by atoms with van der Waals surface area (Å²) >= 11 is 0. The van der Waals surface area contributed by atoms with Crippen molar-refractivity contribution in [2.24, 2.45) is 12.8 Å². The van der Waals surface area contributed by atoms with E-state index in [4.69, 9.17) is 15.7 Å². The third-order valence-corrected chi connectivity index (χ3v) is 6.51. The number of aryl methyl sites for hydroxylation is 1. The molecule has 0 unspecified atom stereocenters. The first-order valence-electron chi connectivity index (χ1n) is 10.9. The average molecular weight is 439 g/mol. The molecule has 33 heavy (non-hydrogen) atoms. The summed E-state index contributed by atoms with van der Waals surface area (Å²) in [7, 11) is 1.87. The largest absolute Gasteiger partial charge is 0.321 e. The predicted octanol–water partition coefficient (Wildman–Crippen LogP) is 4.36. The Bertz CT molecular complexity index is 1480. The number of aromatic nitrogens is 6. The molecule has 164 valence electrons. The lowest BCUT2D eigenvalue weighted by Gasteiger charge is -2.38. The van der Waals surface area contributed by atoms with Gasteiger partial charge in [0.25, 0.3) is 0 Å². The molecule has 7 nitrogen and oxygen atoms in total. The van der Waals surface area contributed by atoms with Crippen molar-refractivity contribution in [3.05, 3.63) is 78.4 Å². The number of hydrogen-bond donors (Lipinski definition) is 1. The van der Waals surface area contributed by atoms with Crippen molar-refractivity contribution in [2.75, 3.05) is 0 Å². The number of fused-ring (bicyclic) bond motifs is 1. The van der Waals surface area contributed by atoms with Gasteiger partial charge < -0.3 is 5.73 Å². The zero-order chi connectivity index (χ0) is 22.6. The minimum Gasteiger partial charge on any atom is -0.321 e. The third kappa shape index (κ3) is 3.14. The first-order valence-corrected chi connectivity index (χ1v) is 10.9. The van der Waals surface area contributed by atoms with Gasteiger partial charge in [-0.25, -0.2) is 19.3 Å². The second-order valence-corrected chi connectivity index (χ2v) is 8.55. The van der Waals surface area contributed by atoms with Gasteiger partial charge in [-0.05, 0) is 55.2 Å². The second-order valence-electron chi connectivity index (χ2n) is 8.55. The molecule has 0 bridgehead atoms. The van der Waals surface area contributed by atoms with Crippen LogP contribution in [0.5, 0.6) is 0 Å². The first kappa shape index (κ1) is 19.8. The van der Waals surface area contributed by atoms with Crippen molar-refractivity contribution >= 4 is 11.2 Å². The molecule has 3 aromatic heterocycles. The topological polar surface area (TPSA) is 87.4 Å². The molecule has 1 fully saturated rings. The van der Waals surface area contributed by atoms with Crippen molar-refractivity contribution in [3.8, 4) is 28.6 Å². The number of nitrogens with two attached hydrogens (primary N) is 1. The molecular weight excluding hydrogens is 417 g/mol. The fraction of sp³-hybridized carbons (Fsp3) is 0.200. The van der Waals surface area contributed by atoms with Gasteiger partial charge in [-0.15, -0.1) is 0 Å². The summed E-state index contributed by atoms with van der Waals surface area (Å²) in [5.74, 6) is 0.627. The number of benzene rings is 2. The van der Waals surface area contributed by atoms with Gasteiger partial charge in [0.1, 0.15) is 17.0 Å². The Kier molecular flexibility index (Phi) is 4.38. The Hall–Kier alpha value is -3.91. The van der Waals surface area contributed by atoms with Crippen molar-refractivity contribution < 1.29 is 4.39 Å². The fourth-order valence-corrected chi connectivity index (χ4v) is 4.45. The van der Waals surface area contributed by atoms with Crippen molar-refractivity contribution in [1.82, 2.24) is 29.3 Å². The Morgan fingerprint density at radius 3 is 2.45 bits per heavy atom. The van der Waals surface area contributed by atoms with Gasteiger partial charge in [0.2, 0.25) is 0 Å². The standard InChI is InChI=1S/C25H22FN7/c1-32-21(11-14-29-32)24-30-20-15-28-22(18-5-2-3-6-19(18)26)31-23(20)33(24)17-9-7-16(8-10-17)25(27)12-4-13-25/h2-3,5-11,14-15H,4,12-13,27H2,1H3. The Balaban J connectivity index is 1.57. The summed E-state index contributed by atoms with van der Waals surface area (Å²) in [6, 6.07) is 16.6. The van der Waals surface area contributed by atoms with Crippen LogP contribution in [0, 0.1) is 5.82 Å². The Morgan fingerprint density at radius 2 is 1.79 bits per heavy atom. The van der Waals surface area contributed by atoms with Crippen LogP contribution in [-0.2, 0) is 12.6 Å². The highest BCUT2D eigenvalue weighted by atomic mass is 19.1. The molecule has 1 aliphatic carbocycles. The highest BCUT2D eigenvalue weighted by Gasteiger charge is 2.34. The summed E-state index contributed by atoms with van der Waals surface area (Å²) < 4.78 is 18.2. The molecule has 0 aliphatic heterocycles. The lowest BCUT2D eigenvalue weighted by atomic mass is 9.73. The van der Waals surface area contributed by atoms with Crippen molar-refractivity contribution in [2.45, 2.75) is 24.8 Å². The van der Waals surface area contributed by atoms with E-state index >= 15 is 0 Å². The van der Waals surface area contributed by atoms with Crippen LogP contribution in [0.3, 0.4) is 0 Å². The number of nitrogens with zero attached hydrogens (tertiary/aromatic N) is 6. The van der Waals surface area contributed by atoms with Crippen molar-refractivity contribution in [3.63, 3.8) is 0 Å². The van der Waals surface area contributed by atoms with Gasteiger partial charge >= 0.3 is 0 Å². The highest BCUT2D eigenvalue weighted by Crippen LogP contribution is 2.39. The van der Waals surface area contributed by atoms with Gasteiger partial charge in [-0.2, -0.15) is 5.10 Å². The molecule has 0 spiro atoms. The van der Waals surface area contributed by atoms with E-state index in [-0.39, 0.29) is 11.4 Å². The monoisotopic (exact) mass is 439 g/mol. The maximum absolute atomic E-state index is 14.4.